The number of nitrogens with one attached hydrogen (secondary N) is 1. The molecule has 4 amide bonds. The number of anilines is 1. The molecule has 2 fully saturated rings. The summed E-state index contributed by atoms with van der Waals surface area (Å²) in [5.41, 5.74) is -5.13. The van der Waals surface area contributed by atoms with E-state index in [-0.39, 0.29) is 17.7 Å². The van der Waals surface area contributed by atoms with Crippen LogP contribution in [-0.2, 0) is 9.59 Å². The Kier molecular flexibility index (Phi) is 3.21. The van der Waals surface area contributed by atoms with Gasteiger partial charge in [0.05, 0.1) is 16.6 Å². The van der Waals surface area contributed by atoms with Crippen LogP contribution in [0.15, 0.2) is 6.07 Å². The van der Waals surface area contributed by atoms with Crippen molar-refractivity contribution in [2.75, 3.05) is 30.9 Å². The van der Waals surface area contributed by atoms with Crippen molar-refractivity contribution in [1.82, 2.24) is 15.1 Å². The van der Waals surface area contributed by atoms with Gasteiger partial charge in [-0.2, -0.15) is 0 Å². The highest BCUT2D eigenvalue weighted by molar-refractivity contribution is 6.24. The molecule has 8 nitrogen and oxygen atoms in total. The molecule has 1 atom stereocenters. The topological polar surface area (TPSA) is 90.0 Å². The zero-order chi connectivity index (χ0) is 29.8. The molecule has 0 bridgehead atoms. The molecule has 3 aliphatic rings. The van der Waals surface area contributed by atoms with Crippen LogP contribution in [0.2, 0.25) is 0 Å². The van der Waals surface area contributed by atoms with Crippen molar-refractivity contribution in [1.29, 1.82) is 0 Å². The predicted octanol–water partition coefficient (Wildman–Crippen LogP) is 1.29. The number of hydrogen-bond donors (Lipinski definition) is 1. The first-order valence-corrected chi connectivity index (χ1v) is 9.37. The summed E-state index contributed by atoms with van der Waals surface area (Å²) in [4.78, 5) is 50.1. The third-order valence-electron chi connectivity index (χ3n) is 5.04. The lowest BCUT2D eigenvalue weighted by Gasteiger charge is -2.43. The van der Waals surface area contributed by atoms with E-state index in [4.69, 9.17) is 11.0 Å². The van der Waals surface area contributed by atoms with Crippen molar-refractivity contribution < 1.29 is 38.9 Å². The van der Waals surface area contributed by atoms with E-state index in [0.717, 1.165) is 0 Å². The molecule has 1 unspecified atom stereocenters. The number of fused-ring (bicyclic) bond motifs is 1. The first-order chi connectivity index (χ1) is 17.5. The summed E-state index contributed by atoms with van der Waals surface area (Å²) in [6, 6.07) is -1.22. The van der Waals surface area contributed by atoms with E-state index in [1.165, 1.54) is 20.8 Å². The maximum absolute atomic E-state index is 16.0. The van der Waals surface area contributed by atoms with Gasteiger partial charge in [0, 0.05) is 43.4 Å². The van der Waals surface area contributed by atoms with Crippen molar-refractivity contribution in [3.63, 3.8) is 0 Å². The minimum atomic E-state index is -3.65. The number of carbonyl (C=O) groups is 4. The average Bonchev–Trinajstić information content (AvgIpc) is 2.98. The molecule has 31 heavy (non-hydrogen) atoms. The number of hydrogen-bond acceptors (Lipinski definition) is 6. The number of halogens is 2. The van der Waals surface area contributed by atoms with Crippen LogP contribution >= 0.6 is 0 Å². The lowest BCUT2D eigenvalue weighted by molar-refractivity contribution is -0.136. The second kappa shape index (κ2) is 7.37. The predicted molar refractivity (Wildman–Crippen MR) is 107 cm³/mol. The van der Waals surface area contributed by atoms with Crippen molar-refractivity contribution >= 4 is 29.3 Å². The zero-order valence-electron chi connectivity index (χ0n) is 24.8. The lowest BCUT2D eigenvalue weighted by Crippen LogP contribution is -2.54. The number of piperidine rings is 1. The minimum absolute atomic E-state index is 0.255. The van der Waals surface area contributed by atoms with Gasteiger partial charge in [0.15, 0.2) is 5.82 Å². The number of imide groups is 2. The molecule has 3 aliphatic heterocycles. The molecule has 166 valence electrons. The number of benzene rings is 1. The highest BCUT2D eigenvalue weighted by atomic mass is 19.1. The van der Waals surface area contributed by atoms with Crippen molar-refractivity contribution in [2.45, 2.75) is 45.2 Å². The van der Waals surface area contributed by atoms with Crippen LogP contribution in [0, 0.1) is 11.6 Å². The fourth-order valence-corrected chi connectivity index (χ4v) is 3.45. The number of carbonyl (C=O) groups excluding carboxylic acids is 4. The molecule has 1 aromatic carbocycles. The Balaban J connectivity index is 1.93. The van der Waals surface area contributed by atoms with E-state index in [0.29, 0.717) is 15.9 Å². The molecule has 2 saturated heterocycles. The first kappa shape index (κ1) is 13.5. The molecule has 10 heteroatoms. The van der Waals surface area contributed by atoms with Crippen LogP contribution in [0.5, 0.6) is 0 Å². The highest BCUT2D eigenvalue weighted by Crippen LogP contribution is 2.36. The summed E-state index contributed by atoms with van der Waals surface area (Å²) >= 11 is 0. The van der Waals surface area contributed by atoms with Crippen molar-refractivity contribution in [3.05, 3.63) is 28.8 Å². The molecule has 0 aliphatic carbocycles. The molecule has 0 saturated carbocycles. The lowest BCUT2D eigenvalue weighted by atomic mass is 10.0. The Morgan fingerprint density at radius 2 is 1.71 bits per heavy atom. The minimum Gasteiger partial charge on any atom is -0.364 e. The summed E-state index contributed by atoms with van der Waals surface area (Å²) in [5.74, 6) is -8.15. The van der Waals surface area contributed by atoms with Gasteiger partial charge in [-0.1, -0.05) is 0 Å². The van der Waals surface area contributed by atoms with Gasteiger partial charge >= 0.3 is 0 Å². The van der Waals surface area contributed by atoms with Crippen molar-refractivity contribution in [3.8, 4) is 0 Å². The highest BCUT2D eigenvalue weighted by Gasteiger charge is 2.47. The van der Waals surface area contributed by atoms with E-state index in [2.05, 4.69) is 0 Å². The van der Waals surface area contributed by atoms with Crippen LogP contribution in [0.3, 0.4) is 0 Å². The summed E-state index contributed by atoms with van der Waals surface area (Å²) < 4.78 is 99.3. The van der Waals surface area contributed by atoms with E-state index < -0.39 is 89.6 Å². The van der Waals surface area contributed by atoms with E-state index in [9.17, 15) is 19.2 Å². The number of piperazine rings is 1. The number of nitrogens with zero attached hydrogens (tertiary/aromatic N) is 3. The molecule has 1 N–H and O–H groups in total. The number of amides is 4. The quantitative estimate of drug-likeness (QED) is 0.695. The van der Waals surface area contributed by atoms with E-state index >= 15 is 8.78 Å². The normalized spacial score (nSPS) is 33.1. The largest absolute Gasteiger partial charge is 0.364 e. The second-order valence-electron chi connectivity index (χ2n) is 8.18. The molecular formula is C21H24F2N4O4. The molecule has 0 aromatic heterocycles. The van der Waals surface area contributed by atoms with Gasteiger partial charge in [0.2, 0.25) is 11.8 Å². The monoisotopic (exact) mass is 442 g/mol. The van der Waals surface area contributed by atoms with Gasteiger partial charge in [-0.3, -0.25) is 34.3 Å². The van der Waals surface area contributed by atoms with Gasteiger partial charge in [-0.25, -0.2) is 8.78 Å². The smallest absolute Gasteiger partial charge is 0.265 e. The van der Waals surface area contributed by atoms with Gasteiger partial charge in [-0.15, -0.1) is 0 Å². The van der Waals surface area contributed by atoms with Crippen LogP contribution in [0.1, 0.15) is 65.3 Å². The molecule has 0 radical (unpaired) electrons. The second-order valence-corrected chi connectivity index (χ2v) is 8.18. The summed E-state index contributed by atoms with van der Waals surface area (Å²) in [7, 11) is 0. The maximum Gasteiger partial charge on any atom is 0.265 e. The number of rotatable bonds is 2. The van der Waals surface area contributed by atoms with Gasteiger partial charge < -0.3 is 4.90 Å². The Labute approximate surface area is 189 Å². The van der Waals surface area contributed by atoms with Crippen LogP contribution in [0.25, 0.3) is 0 Å². The summed E-state index contributed by atoms with van der Waals surface area (Å²) in [6.45, 7) is -10.2. The molecule has 0 spiro atoms. The van der Waals surface area contributed by atoms with E-state index in [1.54, 1.807) is 0 Å². The molecule has 4 rings (SSSR count). The van der Waals surface area contributed by atoms with Crippen LogP contribution in [0.4, 0.5) is 14.5 Å². The maximum atomic E-state index is 16.0. The van der Waals surface area contributed by atoms with Gasteiger partial charge in [0.1, 0.15) is 17.5 Å². The Bertz CT molecular complexity index is 1310. The average molecular weight is 442 g/mol. The van der Waals surface area contributed by atoms with E-state index in [1.807, 2.05) is 5.32 Å². The summed E-state index contributed by atoms with van der Waals surface area (Å²) in [5, 5.41) is 1.93. The Morgan fingerprint density at radius 3 is 2.29 bits per heavy atom. The summed E-state index contributed by atoms with van der Waals surface area (Å²) in [6.07, 6.45) is -0.554. The fourth-order valence-electron chi connectivity index (χ4n) is 3.45. The molecule has 3 heterocycles. The van der Waals surface area contributed by atoms with Gasteiger partial charge in [0.25, 0.3) is 11.8 Å². The standard InChI is InChI=1S/C21H24F2N4O4/c1-21(2,3)26-8-6-25(7-9-26)17-12(22)10-11-15(16(17)23)20(31)27(19(11)30)13-4-5-14(28)24-18(13)29/h10,13H,4-9H2,1-3H3,(H,24,28,29)/i6D2,7D2,8D2,9D2. The van der Waals surface area contributed by atoms with Crippen LogP contribution in [-0.4, -0.2) is 71.0 Å². The Hall–Kier alpha value is -2.88. The third kappa shape index (κ3) is 3.48. The van der Waals surface area contributed by atoms with Gasteiger partial charge in [-0.05, 0) is 33.3 Å². The fraction of sp³-hybridized carbons (Fsp3) is 0.524. The van der Waals surface area contributed by atoms with Crippen molar-refractivity contribution in [2.24, 2.45) is 0 Å². The SMILES string of the molecule is [2H]C1([2H])N(c2c(F)cc3c(c2F)C(=O)N(C2CCC(=O)NC2=O)C3=O)C([2H])([2H])C([2H])([2H])N(C(C)(C)C)C1([2H])[2H]. The Morgan fingerprint density at radius 1 is 1.06 bits per heavy atom. The zero-order valence-corrected chi connectivity index (χ0v) is 16.8. The first-order valence-electron chi connectivity index (χ1n) is 13.4. The van der Waals surface area contributed by atoms with Crippen LogP contribution < -0.4 is 10.2 Å². The third-order valence-corrected chi connectivity index (χ3v) is 5.04. The molecule has 1 aromatic rings. The molecular weight excluding hydrogens is 410 g/mol.